The highest BCUT2D eigenvalue weighted by atomic mass is 32.2. The average Bonchev–Trinajstić information content (AvgIpc) is 3.67. The van der Waals surface area contributed by atoms with Crippen molar-refractivity contribution in [3.8, 4) is 17.2 Å². The highest BCUT2D eigenvalue weighted by molar-refractivity contribution is 7.91. The Morgan fingerprint density at radius 1 is 1.12 bits per heavy atom. The van der Waals surface area contributed by atoms with Crippen molar-refractivity contribution in [2.45, 2.75) is 30.2 Å². The maximum atomic E-state index is 13.7. The van der Waals surface area contributed by atoms with Gasteiger partial charge >= 0.3 is 6.03 Å². The van der Waals surface area contributed by atoms with Crippen LogP contribution in [0.15, 0.2) is 58.1 Å². The molecule has 2 aliphatic heterocycles. The standard InChI is InChI=1S/C28H32N4O8S2/c1-17-13-32(18(2)15-33)27(34)21-11-19(29-28(35)30-20-7-9-23-24(12-20)39-16-38-23)6-8-22(21)40-25(17)14-31(3)42(36,37)26-5-4-10-41-26/h4-12,17-18,25,33H,13-16H2,1-3H3,(H2,29,30,35)/t17-,18+,25+/m0/s1. The molecule has 3 atom stereocenters. The van der Waals surface area contributed by atoms with E-state index in [0.717, 1.165) is 11.3 Å². The molecule has 1 aromatic heterocycles. The third-order valence-corrected chi connectivity index (χ3v) is 10.3. The minimum atomic E-state index is -3.73. The van der Waals surface area contributed by atoms with Crippen LogP contribution in [0, 0.1) is 5.92 Å². The maximum absolute atomic E-state index is 13.7. The summed E-state index contributed by atoms with van der Waals surface area (Å²) in [4.78, 5) is 28.0. The number of likely N-dealkylation sites (N-methyl/N-ethyl adjacent to an activating group) is 1. The van der Waals surface area contributed by atoms with Crippen LogP contribution in [-0.2, 0) is 10.0 Å². The highest BCUT2D eigenvalue weighted by Gasteiger charge is 2.35. The van der Waals surface area contributed by atoms with E-state index < -0.39 is 28.2 Å². The quantitative estimate of drug-likeness (QED) is 0.348. The number of thiophene rings is 1. The molecule has 0 unspecified atom stereocenters. The Morgan fingerprint density at radius 3 is 2.50 bits per heavy atom. The number of urea groups is 1. The third kappa shape index (κ3) is 6.16. The van der Waals surface area contributed by atoms with Crippen LogP contribution in [0.2, 0.25) is 0 Å². The Kier molecular flexibility index (Phi) is 8.59. The number of benzene rings is 2. The molecule has 3 heterocycles. The van der Waals surface area contributed by atoms with Gasteiger partial charge in [-0.25, -0.2) is 13.2 Å². The zero-order valence-electron chi connectivity index (χ0n) is 23.3. The lowest BCUT2D eigenvalue weighted by molar-refractivity contribution is 0.0387. The summed E-state index contributed by atoms with van der Waals surface area (Å²) in [6.07, 6.45) is -0.613. The summed E-state index contributed by atoms with van der Waals surface area (Å²) in [5.41, 5.74) is 1.00. The number of hydrogen-bond donors (Lipinski definition) is 3. The molecule has 0 saturated heterocycles. The molecule has 12 nitrogen and oxygen atoms in total. The van der Waals surface area contributed by atoms with Crippen molar-refractivity contribution in [1.29, 1.82) is 0 Å². The summed E-state index contributed by atoms with van der Waals surface area (Å²) in [6, 6.07) is 11.9. The van der Waals surface area contributed by atoms with Gasteiger partial charge in [-0.05, 0) is 48.7 Å². The van der Waals surface area contributed by atoms with Gasteiger partial charge in [0.15, 0.2) is 11.5 Å². The van der Waals surface area contributed by atoms with Gasteiger partial charge < -0.3 is 34.9 Å². The Balaban J connectivity index is 1.38. The molecule has 5 rings (SSSR count). The molecule has 3 aromatic rings. The van der Waals surface area contributed by atoms with Gasteiger partial charge in [0, 0.05) is 37.0 Å². The van der Waals surface area contributed by atoms with Crippen LogP contribution in [0.4, 0.5) is 16.2 Å². The van der Waals surface area contributed by atoms with Crippen molar-refractivity contribution in [3.63, 3.8) is 0 Å². The Hall–Kier alpha value is -3.85. The van der Waals surface area contributed by atoms with E-state index in [1.165, 1.54) is 17.4 Å². The molecular formula is C28H32N4O8S2. The summed E-state index contributed by atoms with van der Waals surface area (Å²) in [6.45, 7) is 3.72. The SMILES string of the molecule is C[C@H](CO)N1C[C@H](C)[C@@H](CN(C)S(=O)(=O)c2cccs2)Oc2ccc(NC(=O)Nc3ccc4c(c3)OCO4)cc2C1=O. The number of rotatable bonds is 8. The van der Waals surface area contributed by atoms with Gasteiger partial charge in [0.2, 0.25) is 6.79 Å². The lowest BCUT2D eigenvalue weighted by Crippen LogP contribution is -2.50. The number of aliphatic hydroxyl groups is 1. The van der Waals surface area contributed by atoms with Crippen LogP contribution in [0.25, 0.3) is 0 Å². The number of ether oxygens (including phenoxy) is 3. The predicted molar refractivity (Wildman–Crippen MR) is 157 cm³/mol. The first-order chi connectivity index (χ1) is 20.1. The van der Waals surface area contributed by atoms with E-state index in [2.05, 4.69) is 10.6 Å². The third-order valence-electron chi connectivity index (χ3n) is 7.15. The molecular weight excluding hydrogens is 584 g/mol. The molecule has 0 bridgehead atoms. The fraction of sp³-hybridized carbons (Fsp3) is 0.357. The number of nitrogens with one attached hydrogen (secondary N) is 2. The second-order valence-corrected chi connectivity index (χ2v) is 13.4. The predicted octanol–water partition coefficient (Wildman–Crippen LogP) is 3.66. The van der Waals surface area contributed by atoms with E-state index >= 15 is 0 Å². The minimum Gasteiger partial charge on any atom is -0.488 e. The molecule has 0 fully saturated rings. The van der Waals surface area contributed by atoms with Gasteiger partial charge in [0.05, 0.1) is 24.8 Å². The van der Waals surface area contributed by atoms with E-state index in [9.17, 15) is 23.1 Å². The summed E-state index contributed by atoms with van der Waals surface area (Å²) >= 11 is 1.13. The molecule has 42 heavy (non-hydrogen) atoms. The lowest BCUT2D eigenvalue weighted by Gasteiger charge is -2.38. The number of anilines is 2. The Bertz CT molecular complexity index is 1560. The van der Waals surface area contributed by atoms with Crippen LogP contribution >= 0.6 is 11.3 Å². The number of carbonyl (C=O) groups excluding carboxylic acids is 2. The Morgan fingerprint density at radius 2 is 1.81 bits per heavy atom. The van der Waals surface area contributed by atoms with E-state index in [-0.39, 0.29) is 53.8 Å². The zero-order valence-corrected chi connectivity index (χ0v) is 24.9. The van der Waals surface area contributed by atoms with Gasteiger partial charge in [0.1, 0.15) is 16.1 Å². The van der Waals surface area contributed by atoms with Crippen molar-refractivity contribution in [2.24, 2.45) is 5.92 Å². The van der Waals surface area contributed by atoms with Crippen LogP contribution in [-0.4, -0.2) is 80.4 Å². The minimum absolute atomic E-state index is 0.0360. The van der Waals surface area contributed by atoms with Gasteiger partial charge in [-0.3, -0.25) is 4.79 Å². The second kappa shape index (κ2) is 12.2. The van der Waals surface area contributed by atoms with Gasteiger partial charge in [-0.15, -0.1) is 11.3 Å². The van der Waals surface area contributed by atoms with Crippen molar-refractivity contribution < 1.29 is 37.3 Å². The summed E-state index contributed by atoms with van der Waals surface area (Å²) < 4.78 is 44.6. The molecule has 3 N–H and O–H groups in total. The second-order valence-electron chi connectivity index (χ2n) is 10.2. The van der Waals surface area contributed by atoms with E-state index in [4.69, 9.17) is 14.2 Å². The first kappa shape index (κ1) is 29.6. The van der Waals surface area contributed by atoms with E-state index in [0.29, 0.717) is 22.9 Å². The monoisotopic (exact) mass is 616 g/mol. The van der Waals surface area contributed by atoms with E-state index in [1.54, 1.807) is 59.7 Å². The first-order valence-corrected chi connectivity index (χ1v) is 15.6. The van der Waals surface area contributed by atoms with Crippen molar-refractivity contribution in [1.82, 2.24) is 9.21 Å². The smallest absolute Gasteiger partial charge is 0.323 e. The number of amides is 3. The number of carbonyl (C=O) groups is 2. The molecule has 0 saturated carbocycles. The van der Waals surface area contributed by atoms with Gasteiger partial charge in [-0.1, -0.05) is 13.0 Å². The van der Waals surface area contributed by atoms with Gasteiger partial charge in [0.25, 0.3) is 15.9 Å². The molecule has 3 amide bonds. The Labute approximate surface area is 247 Å². The topological polar surface area (TPSA) is 147 Å². The van der Waals surface area contributed by atoms with Crippen LogP contribution in [0.5, 0.6) is 17.2 Å². The van der Waals surface area contributed by atoms with Gasteiger partial charge in [-0.2, -0.15) is 4.31 Å². The summed E-state index contributed by atoms with van der Waals surface area (Å²) in [5, 5.41) is 17.1. The average molecular weight is 617 g/mol. The molecule has 14 heteroatoms. The number of hydrogen-bond acceptors (Lipinski definition) is 9. The number of aliphatic hydroxyl groups excluding tert-OH is 1. The summed E-state index contributed by atoms with van der Waals surface area (Å²) in [7, 11) is -2.23. The first-order valence-electron chi connectivity index (χ1n) is 13.3. The fourth-order valence-electron chi connectivity index (χ4n) is 4.70. The normalized spacial score (nSPS) is 19.0. The fourth-order valence-corrected chi connectivity index (χ4v) is 7.09. The molecule has 2 aliphatic rings. The van der Waals surface area contributed by atoms with Crippen LogP contribution < -0.4 is 24.8 Å². The highest BCUT2D eigenvalue weighted by Crippen LogP contribution is 2.35. The number of fused-ring (bicyclic) bond motifs is 2. The van der Waals surface area contributed by atoms with Crippen LogP contribution in [0.3, 0.4) is 0 Å². The van der Waals surface area contributed by atoms with Crippen LogP contribution in [0.1, 0.15) is 24.2 Å². The van der Waals surface area contributed by atoms with E-state index in [1.807, 2.05) is 6.92 Å². The van der Waals surface area contributed by atoms with Crippen molar-refractivity contribution >= 4 is 44.7 Å². The summed E-state index contributed by atoms with van der Waals surface area (Å²) in [5.74, 6) is 0.701. The molecule has 0 radical (unpaired) electrons. The van der Waals surface area contributed by atoms with Crippen molar-refractivity contribution in [3.05, 3.63) is 59.5 Å². The molecule has 2 aromatic carbocycles. The van der Waals surface area contributed by atoms with Crippen molar-refractivity contribution in [2.75, 3.05) is 44.2 Å². The molecule has 0 spiro atoms. The lowest BCUT2D eigenvalue weighted by atomic mass is 9.99. The largest absolute Gasteiger partial charge is 0.488 e. The molecule has 224 valence electrons. The molecule has 0 aliphatic carbocycles. The number of sulfonamides is 1. The number of nitrogens with zero attached hydrogens (tertiary/aromatic N) is 2. The zero-order chi connectivity index (χ0) is 30.0. The maximum Gasteiger partial charge on any atom is 0.323 e.